The van der Waals surface area contributed by atoms with Crippen molar-refractivity contribution in [3.05, 3.63) is 53.6 Å². The Morgan fingerprint density at radius 3 is 2.63 bits per heavy atom. The summed E-state index contributed by atoms with van der Waals surface area (Å²) in [4.78, 5) is 21.3. The van der Waals surface area contributed by atoms with Crippen molar-refractivity contribution < 1.29 is 19.8 Å². The van der Waals surface area contributed by atoms with Gasteiger partial charge >= 0.3 is 11.9 Å². The van der Waals surface area contributed by atoms with Gasteiger partial charge in [-0.15, -0.1) is 0 Å². The Balaban J connectivity index is 0.000000222. The van der Waals surface area contributed by atoms with Gasteiger partial charge in [-0.05, 0) is 50.8 Å². The van der Waals surface area contributed by atoms with Crippen LogP contribution in [0.25, 0.3) is 0 Å². The van der Waals surface area contributed by atoms with Gasteiger partial charge in [0.15, 0.2) is 0 Å². The molecule has 6 heteroatoms. The molecule has 1 aliphatic carbocycles. The number of aliphatic carboxylic acids is 2. The fourth-order valence-electron chi connectivity index (χ4n) is 3.66. The molecule has 3 rings (SSSR count). The fourth-order valence-corrected chi connectivity index (χ4v) is 3.66. The zero-order chi connectivity index (χ0) is 22.0. The molecule has 2 unspecified atom stereocenters. The molecule has 1 aliphatic heterocycles. The Kier molecular flexibility index (Phi) is 9.12. The van der Waals surface area contributed by atoms with Crippen LogP contribution < -0.4 is 10.6 Å². The predicted octanol–water partition coefficient (Wildman–Crippen LogP) is 4.76. The van der Waals surface area contributed by atoms with E-state index in [1.54, 1.807) is 0 Å². The van der Waals surface area contributed by atoms with Crippen molar-refractivity contribution in [1.82, 2.24) is 5.32 Å². The third-order valence-corrected chi connectivity index (χ3v) is 5.57. The van der Waals surface area contributed by atoms with Gasteiger partial charge in [0, 0.05) is 23.8 Å². The van der Waals surface area contributed by atoms with Gasteiger partial charge in [0.1, 0.15) is 0 Å². The first-order chi connectivity index (χ1) is 14.4. The van der Waals surface area contributed by atoms with Crippen molar-refractivity contribution >= 4 is 17.6 Å². The van der Waals surface area contributed by atoms with Crippen molar-refractivity contribution in [2.24, 2.45) is 5.41 Å². The summed E-state index contributed by atoms with van der Waals surface area (Å²) >= 11 is 0. The highest BCUT2D eigenvalue weighted by Crippen LogP contribution is 2.31. The lowest BCUT2D eigenvalue weighted by Gasteiger charge is -2.26. The number of carboxylic acid groups (broad SMARTS) is 2. The van der Waals surface area contributed by atoms with E-state index in [4.69, 9.17) is 10.2 Å². The minimum Gasteiger partial charge on any atom is -0.481 e. The summed E-state index contributed by atoms with van der Waals surface area (Å²) in [5, 5.41) is 24.7. The van der Waals surface area contributed by atoms with Crippen LogP contribution in [0.3, 0.4) is 0 Å². The first kappa shape index (κ1) is 23.7. The number of para-hydroxylation sites is 1. The van der Waals surface area contributed by atoms with Gasteiger partial charge in [-0.25, -0.2) is 4.79 Å². The number of hydrogen-bond donors (Lipinski definition) is 4. The normalized spacial score (nSPS) is 23.0. The van der Waals surface area contributed by atoms with Crippen LogP contribution in [-0.4, -0.2) is 35.2 Å². The molecule has 0 saturated carbocycles. The number of unbranched alkanes of at least 4 members (excludes halogenated alkanes) is 1. The lowest BCUT2D eigenvalue weighted by atomic mass is 9.80. The molecule has 6 nitrogen and oxygen atoms in total. The molecule has 1 saturated heterocycles. The second-order valence-corrected chi connectivity index (χ2v) is 8.13. The van der Waals surface area contributed by atoms with E-state index in [9.17, 15) is 9.59 Å². The maximum absolute atomic E-state index is 10.8. The van der Waals surface area contributed by atoms with Crippen molar-refractivity contribution in [1.29, 1.82) is 0 Å². The van der Waals surface area contributed by atoms with Gasteiger partial charge in [0.25, 0.3) is 0 Å². The average Bonchev–Trinajstić information content (AvgIpc) is 2.75. The van der Waals surface area contributed by atoms with Crippen molar-refractivity contribution in [3.63, 3.8) is 0 Å². The third kappa shape index (κ3) is 6.73. The lowest BCUT2D eigenvalue weighted by Crippen LogP contribution is -2.28. The van der Waals surface area contributed by atoms with Crippen LogP contribution >= 0.6 is 0 Å². The standard InChI is InChI=1S/C15H24N2.C9H10O4/c1-2-3-11-16-14-9-5-4-8-13(14)15-10-6-7-12-17-15;1-9(8(12)13)4-2-3-6(5-9)7(10)11/h4-5,8-9,15-17H,2-3,6-7,10-12H2,1H3;2-4H,5H2,1H3,(H,10,11)(H,12,13). The molecule has 1 aromatic carbocycles. The number of anilines is 1. The Labute approximate surface area is 179 Å². The van der Waals surface area contributed by atoms with Gasteiger partial charge < -0.3 is 20.8 Å². The topological polar surface area (TPSA) is 98.7 Å². The van der Waals surface area contributed by atoms with Gasteiger partial charge in [-0.2, -0.15) is 0 Å². The van der Waals surface area contributed by atoms with E-state index in [0.717, 1.165) is 13.1 Å². The zero-order valence-corrected chi connectivity index (χ0v) is 18.0. The lowest BCUT2D eigenvalue weighted by molar-refractivity contribution is -0.145. The quantitative estimate of drug-likeness (QED) is 0.480. The Morgan fingerprint density at radius 2 is 2.00 bits per heavy atom. The van der Waals surface area contributed by atoms with Crippen LogP contribution in [0.4, 0.5) is 5.69 Å². The molecule has 1 heterocycles. The predicted molar refractivity (Wildman–Crippen MR) is 120 cm³/mol. The van der Waals surface area contributed by atoms with E-state index in [2.05, 4.69) is 41.8 Å². The smallest absolute Gasteiger partial charge is 0.331 e. The van der Waals surface area contributed by atoms with E-state index >= 15 is 0 Å². The summed E-state index contributed by atoms with van der Waals surface area (Å²) in [6.45, 7) is 5.98. The van der Waals surface area contributed by atoms with Gasteiger partial charge in [-0.1, -0.05) is 56.2 Å². The van der Waals surface area contributed by atoms with E-state index < -0.39 is 17.4 Å². The van der Waals surface area contributed by atoms with Crippen molar-refractivity contribution in [3.8, 4) is 0 Å². The molecular formula is C24H34N2O4. The Morgan fingerprint density at radius 1 is 1.23 bits per heavy atom. The fraction of sp³-hybridized carbons (Fsp3) is 0.500. The molecule has 0 bridgehead atoms. The highest BCUT2D eigenvalue weighted by molar-refractivity contribution is 5.90. The van der Waals surface area contributed by atoms with E-state index in [1.807, 2.05) is 0 Å². The van der Waals surface area contributed by atoms with E-state index in [1.165, 1.54) is 68.5 Å². The molecule has 30 heavy (non-hydrogen) atoms. The molecular weight excluding hydrogens is 380 g/mol. The minimum absolute atomic E-state index is 0.0359. The molecule has 0 spiro atoms. The number of carbonyl (C=O) groups is 2. The SMILES string of the molecule is CC1(C(=O)O)C=CC=C(C(=O)O)C1.CCCCNc1ccccc1C1CCCCN1. The Bertz CT molecular complexity index is 781. The molecule has 2 atom stereocenters. The Hall–Kier alpha value is -2.60. The average molecular weight is 415 g/mol. The summed E-state index contributed by atoms with van der Waals surface area (Å²) in [5.74, 6) is -2.06. The molecule has 1 fully saturated rings. The van der Waals surface area contributed by atoms with Crippen LogP contribution in [0.15, 0.2) is 48.1 Å². The van der Waals surface area contributed by atoms with Gasteiger partial charge in [0.05, 0.1) is 5.41 Å². The van der Waals surface area contributed by atoms with E-state index in [-0.39, 0.29) is 12.0 Å². The number of piperidine rings is 1. The molecule has 2 aliphatic rings. The molecule has 4 N–H and O–H groups in total. The number of rotatable bonds is 7. The summed E-state index contributed by atoms with van der Waals surface area (Å²) in [7, 11) is 0. The van der Waals surface area contributed by atoms with Crippen LogP contribution in [0, 0.1) is 5.41 Å². The first-order valence-electron chi connectivity index (χ1n) is 10.8. The second-order valence-electron chi connectivity index (χ2n) is 8.13. The molecule has 1 aromatic rings. The maximum atomic E-state index is 10.8. The van der Waals surface area contributed by atoms with Crippen LogP contribution in [0.2, 0.25) is 0 Å². The molecule has 0 radical (unpaired) electrons. The summed E-state index contributed by atoms with van der Waals surface area (Å²) in [6.07, 6.45) is 10.9. The second kappa shape index (κ2) is 11.6. The van der Waals surface area contributed by atoms with Gasteiger partial charge in [-0.3, -0.25) is 4.79 Å². The largest absolute Gasteiger partial charge is 0.481 e. The number of nitrogens with one attached hydrogen (secondary N) is 2. The highest BCUT2D eigenvalue weighted by atomic mass is 16.4. The van der Waals surface area contributed by atoms with E-state index in [0.29, 0.717) is 6.04 Å². The van der Waals surface area contributed by atoms with Crippen LogP contribution in [-0.2, 0) is 9.59 Å². The summed E-state index contributed by atoms with van der Waals surface area (Å²) in [5.41, 5.74) is 1.82. The molecule has 164 valence electrons. The molecule has 0 amide bonds. The number of hydrogen-bond acceptors (Lipinski definition) is 4. The van der Waals surface area contributed by atoms with Crippen molar-refractivity contribution in [2.45, 2.75) is 58.4 Å². The molecule has 0 aromatic heterocycles. The monoisotopic (exact) mass is 414 g/mol. The third-order valence-electron chi connectivity index (χ3n) is 5.57. The number of allylic oxidation sites excluding steroid dienone is 2. The summed E-state index contributed by atoms with van der Waals surface area (Å²) in [6, 6.07) is 9.30. The van der Waals surface area contributed by atoms with Crippen LogP contribution in [0.1, 0.15) is 64.0 Å². The minimum atomic E-state index is -1.08. The van der Waals surface area contributed by atoms with Crippen LogP contribution in [0.5, 0.6) is 0 Å². The van der Waals surface area contributed by atoms with Gasteiger partial charge in [0.2, 0.25) is 0 Å². The summed E-state index contributed by atoms with van der Waals surface area (Å²) < 4.78 is 0. The van der Waals surface area contributed by atoms with Crippen molar-refractivity contribution in [2.75, 3.05) is 18.4 Å². The maximum Gasteiger partial charge on any atom is 0.331 e. The number of carboxylic acids is 2. The highest BCUT2D eigenvalue weighted by Gasteiger charge is 2.34. The number of benzene rings is 1. The zero-order valence-electron chi connectivity index (χ0n) is 18.0. The first-order valence-corrected chi connectivity index (χ1v) is 10.8.